The fourth-order valence-corrected chi connectivity index (χ4v) is 5.71. The number of amides is 1. The zero-order valence-electron chi connectivity index (χ0n) is 18.9. The summed E-state index contributed by atoms with van der Waals surface area (Å²) >= 11 is 0. The predicted molar refractivity (Wildman–Crippen MR) is 132 cm³/mol. The van der Waals surface area contributed by atoms with Gasteiger partial charge in [-0.3, -0.25) is 0 Å². The average Bonchev–Trinajstić information content (AvgIpc) is 3.03. The minimum Gasteiger partial charge on any atom is -0.465 e. The molecule has 1 amide bonds. The number of carbonyl (C=O) groups is 1. The van der Waals surface area contributed by atoms with E-state index < -0.39 is 6.09 Å². The number of fused-ring (bicyclic) bond motifs is 3. The highest BCUT2D eigenvalue weighted by Crippen LogP contribution is 2.49. The Balaban J connectivity index is 1.49. The maximum atomic E-state index is 11.7. The molecule has 172 valence electrons. The quantitative estimate of drug-likeness (QED) is 0.564. The number of benzene rings is 3. The van der Waals surface area contributed by atoms with E-state index in [-0.39, 0.29) is 5.92 Å². The number of rotatable bonds is 3. The lowest BCUT2D eigenvalue weighted by atomic mass is 9.88. The van der Waals surface area contributed by atoms with E-state index in [9.17, 15) is 9.90 Å². The average molecular weight is 454 g/mol. The van der Waals surface area contributed by atoms with Gasteiger partial charge >= 0.3 is 6.09 Å². The molecule has 3 aliphatic rings. The normalized spacial score (nSPS) is 20.8. The minimum atomic E-state index is -0.835. The van der Waals surface area contributed by atoms with Crippen LogP contribution in [-0.2, 0) is 11.3 Å². The first-order chi connectivity index (χ1) is 16.7. The molecule has 0 bridgehead atoms. The lowest BCUT2D eigenvalue weighted by molar-refractivity contribution is 0.120. The first-order valence-corrected chi connectivity index (χ1v) is 11.9. The van der Waals surface area contributed by atoms with Crippen LogP contribution in [-0.4, -0.2) is 54.1 Å². The molecule has 1 N–H and O–H groups in total. The smallest absolute Gasteiger partial charge is 0.407 e. The first kappa shape index (κ1) is 20.9. The van der Waals surface area contributed by atoms with Crippen LogP contribution in [0.3, 0.4) is 0 Å². The van der Waals surface area contributed by atoms with Crippen LogP contribution < -0.4 is 4.90 Å². The van der Waals surface area contributed by atoms with E-state index in [4.69, 9.17) is 9.73 Å². The molecule has 0 aliphatic carbocycles. The van der Waals surface area contributed by atoms with Crippen molar-refractivity contribution in [3.05, 3.63) is 95.1 Å². The van der Waals surface area contributed by atoms with Gasteiger partial charge in [-0.25, -0.2) is 9.79 Å². The first-order valence-electron chi connectivity index (χ1n) is 11.9. The SMILES string of the molecule is O=C(O)N1CCC2C(C1)c1cc(N=C(c3ccccc3)c3ccccc3)cc3c1N2CCOC3. The van der Waals surface area contributed by atoms with E-state index in [0.717, 1.165) is 41.1 Å². The number of piperidine rings is 1. The monoisotopic (exact) mass is 453 g/mol. The molecule has 3 heterocycles. The van der Waals surface area contributed by atoms with Crippen LogP contribution >= 0.6 is 0 Å². The summed E-state index contributed by atoms with van der Waals surface area (Å²) in [5.41, 5.74) is 7.51. The number of hydrogen-bond acceptors (Lipinski definition) is 4. The molecule has 6 heteroatoms. The molecule has 1 fully saturated rings. The van der Waals surface area contributed by atoms with E-state index in [1.54, 1.807) is 4.90 Å². The standard InChI is InChI=1S/C28H27N3O3/c32-28(33)30-12-11-25-24(17-30)23-16-22(15-21-18-34-14-13-31(25)27(21)23)29-26(19-7-3-1-4-8-19)20-9-5-2-6-10-20/h1-10,15-16,24-25H,11-14,17-18H2,(H,32,33). The summed E-state index contributed by atoms with van der Waals surface area (Å²) in [6.07, 6.45) is 0.00176. The maximum absolute atomic E-state index is 11.7. The van der Waals surface area contributed by atoms with Crippen LogP contribution in [0.15, 0.2) is 77.8 Å². The third-order valence-corrected chi connectivity index (χ3v) is 7.21. The Morgan fingerprint density at radius 3 is 2.35 bits per heavy atom. The molecular weight excluding hydrogens is 426 g/mol. The molecule has 0 aromatic heterocycles. The molecule has 34 heavy (non-hydrogen) atoms. The summed E-state index contributed by atoms with van der Waals surface area (Å²) in [5, 5.41) is 9.64. The highest BCUT2D eigenvalue weighted by molar-refractivity contribution is 6.14. The second-order valence-electron chi connectivity index (χ2n) is 9.17. The lowest BCUT2D eigenvalue weighted by Crippen LogP contribution is -2.48. The number of anilines is 1. The Morgan fingerprint density at radius 2 is 1.68 bits per heavy atom. The lowest BCUT2D eigenvalue weighted by Gasteiger charge is -2.37. The topological polar surface area (TPSA) is 65.4 Å². The van der Waals surface area contributed by atoms with Crippen LogP contribution in [0.1, 0.15) is 34.6 Å². The number of ether oxygens (including phenoxy) is 1. The third kappa shape index (κ3) is 3.64. The molecule has 1 saturated heterocycles. The number of aliphatic imine (C=N–C) groups is 1. The zero-order valence-corrected chi connectivity index (χ0v) is 18.9. The van der Waals surface area contributed by atoms with Crippen molar-refractivity contribution in [2.24, 2.45) is 4.99 Å². The fraction of sp³-hybridized carbons (Fsp3) is 0.286. The highest BCUT2D eigenvalue weighted by Gasteiger charge is 2.44. The van der Waals surface area contributed by atoms with Crippen molar-refractivity contribution in [2.45, 2.75) is 25.0 Å². The Hall–Kier alpha value is -3.64. The van der Waals surface area contributed by atoms with Crippen molar-refractivity contribution in [1.82, 2.24) is 4.90 Å². The number of carboxylic acid groups (broad SMARTS) is 1. The van der Waals surface area contributed by atoms with Crippen molar-refractivity contribution >= 4 is 23.2 Å². The van der Waals surface area contributed by atoms with Crippen LogP contribution in [0.5, 0.6) is 0 Å². The number of hydrogen-bond donors (Lipinski definition) is 1. The summed E-state index contributed by atoms with van der Waals surface area (Å²) in [6, 6.07) is 25.1. The Labute approximate surface area is 199 Å². The fourth-order valence-electron chi connectivity index (χ4n) is 5.71. The van der Waals surface area contributed by atoms with Crippen molar-refractivity contribution in [3.63, 3.8) is 0 Å². The molecule has 6 nitrogen and oxygen atoms in total. The number of nitrogens with zero attached hydrogens (tertiary/aromatic N) is 3. The van der Waals surface area contributed by atoms with Crippen LogP contribution in [0.2, 0.25) is 0 Å². The highest BCUT2D eigenvalue weighted by atomic mass is 16.5. The van der Waals surface area contributed by atoms with E-state index in [2.05, 4.69) is 41.3 Å². The van der Waals surface area contributed by atoms with Crippen LogP contribution in [0, 0.1) is 0 Å². The van der Waals surface area contributed by atoms with Gasteiger partial charge in [0.25, 0.3) is 0 Å². The second kappa shape index (κ2) is 8.61. The molecule has 2 unspecified atom stereocenters. The van der Waals surface area contributed by atoms with Crippen molar-refractivity contribution in [3.8, 4) is 0 Å². The Kier molecular flexibility index (Phi) is 5.30. The van der Waals surface area contributed by atoms with Crippen LogP contribution in [0.4, 0.5) is 16.2 Å². The Bertz CT molecular complexity index is 1200. The van der Waals surface area contributed by atoms with Crippen LogP contribution in [0.25, 0.3) is 0 Å². The van der Waals surface area contributed by atoms with Gasteiger partial charge in [-0.1, -0.05) is 60.7 Å². The maximum Gasteiger partial charge on any atom is 0.407 e. The molecule has 2 atom stereocenters. The predicted octanol–water partition coefficient (Wildman–Crippen LogP) is 5.04. The third-order valence-electron chi connectivity index (χ3n) is 7.21. The summed E-state index contributed by atoms with van der Waals surface area (Å²) in [5.74, 6) is 0.156. The van der Waals surface area contributed by atoms with Crippen molar-refractivity contribution in [1.29, 1.82) is 0 Å². The van der Waals surface area contributed by atoms with Crippen molar-refractivity contribution in [2.75, 3.05) is 31.1 Å². The van der Waals surface area contributed by atoms with Gasteiger partial charge in [0.1, 0.15) is 0 Å². The summed E-state index contributed by atoms with van der Waals surface area (Å²) in [6.45, 7) is 3.18. The van der Waals surface area contributed by atoms with E-state index in [0.29, 0.717) is 32.3 Å². The largest absolute Gasteiger partial charge is 0.465 e. The van der Waals surface area contributed by atoms with Gasteiger partial charge in [-0.15, -0.1) is 0 Å². The number of likely N-dealkylation sites (tertiary alicyclic amines) is 1. The molecule has 0 spiro atoms. The molecule has 0 radical (unpaired) electrons. The van der Waals surface area contributed by atoms with Crippen molar-refractivity contribution < 1.29 is 14.6 Å². The summed E-state index contributed by atoms with van der Waals surface area (Å²) in [7, 11) is 0. The molecule has 3 aliphatic heterocycles. The van der Waals surface area contributed by atoms with Gasteiger partial charge in [0.05, 0.1) is 24.6 Å². The molecule has 3 aromatic carbocycles. The molecular formula is C28H27N3O3. The zero-order chi connectivity index (χ0) is 23.1. The molecule has 6 rings (SSSR count). The molecule has 3 aromatic rings. The van der Waals surface area contributed by atoms with Gasteiger partial charge < -0.3 is 19.6 Å². The van der Waals surface area contributed by atoms with Gasteiger partial charge in [0, 0.05) is 54.0 Å². The second-order valence-corrected chi connectivity index (χ2v) is 9.17. The molecule has 0 saturated carbocycles. The van der Waals surface area contributed by atoms with E-state index in [1.807, 2.05) is 36.4 Å². The van der Waals surface area contributed by atoms with E-state index in [1.165, 1.54) is 11.3 Å². The van der Waals surface area contributed by atoms with Gasteiger partial charge in [0.2, 0.25) is 0 Å². The van der Waals surface area contributed by atoms with Gasteiger partial charge in [0.15, 0.2) is 0 Å². The minimum absolute atomic E-state index is 0.156. The van der Waals surface area contributed by atoms with E-state index >= 15 is 0 Å². The summed E-state index contributed by atoms with van der Waals surface area (Å²) < 4.78 is 5.95. The Morgan fingerprint density at radius 1 is 0.971 bits per heavy atom. The van der Waals surface area contributed by atoms with Gasteiger partial charge in [-0.2, -0.15) is 0 Å². The van der Waals surface area contributed by atoms with Gasteiger partial charge in [-0.05, 0) is 24.1 Å². The summed E-state index contributed by atoms with van der Waals surface area (Å²) in [4.78, 5) is 20.9.